The number of rotatable bonds is 1. The summed E-state index contributed by atoms with van der Waals surface area (Å²) in [5, 5.41) is 18.3. The SMILES string of the molecule is Nc1nnc(-c2cc(Br)c(O)c(Br)c2)s1. The Morgan fingerprint density at radius 3 is 2.27 bits per heavy atom. The standard InChI is InChI=1S/C8H5Br2N3OS/c9-4-1-3(2-5(10)6(4)14)7-12-13-8(11)15-7/h1-2,14H,(H2,11,13). The van der Waals surface area contributed by atoms with E-state index in [1.807, 2.05) is 0 Å². The molecule has 0 saturated carbocycles. The molecule has 0 unspecified atom stereocenters. The zero-order valence-corrected chi connectivity index (χ0v) is 11.2. The number of hydrogen-bond donors (Lipinski definition) is 2. The normalized spacial score (nSPS) is 10.5. The van der Waals surface area contributed by atoms with Crippen molar-refractivity contribution < 1.29 is 5.11 Å². The predicted molar refractivity (Wildman–Crippen MR) is 66.8 cm³/mol. The molecule has 0 saturated heterocycles. The number of phenolic OH excluding ortho intramolecular Hbond substituents is 1. The number of anilines is 1. The van der Waals surface area contributed by atoms with Gasteiger partial charge in [0.1, 0.15) is 10.8 Å². The highest BCUT2D eigenvalue weighted by molar-refractivity contribution is 9.11. The maximum absolute atomic E-state index is 9.53. The topological polar surface area (TPSA) is 72.0 Å². The molecule has 1 heterocycles. The van der Waals surface area contributed by atoms with E-state index in [9.17, 15) is 5.11 Å². The van der Waals surface area contributed by atoms with E-state index in [0.29, 0.717) is 19.1 Å². The first-order valence-electron chi connectivity index (χ1n) is 3.85. The summed E-state index contributed by atoms with van der Waals surface area (Å²) in [6.45, 7) is 0. The molecule has 0 amide bonds. The summed E-state index contributed by atoms with van der Waals surface area (Å²) in [5.74, 6) is 0.163. The van der Waals surface area contributed by atoms with Crippen molar-refractivity contribution in [2.75, 3.05) is 5.73 Å². The molecular formula is C8H5Br2N3OS. The maximum Gasteiger partial charge on any atom is 0.203 e. The molecule has 2 aromatic rings. The summed E-state index contributed by atoms with van der Waals surface area (Å²) >= 11 is 7.79. The lowest BCUT2D eigenvalue weighted by Crippen LogP contribution is -1.81. The molecule has 2 rings (SSSR count). The second kappa shape index (κ2) is 4.07. The fourth-order valence-corrected chi connectivity index (χ4v) is 2.82. The Balaban J connectivity index is 2.55. The number of benzene rings is 1. The third-order valence-corrected chi connectivity index (χ3v) is 3.71. The molecule has 15 heavy (non-hydrogen) atoms. The summed E-state index contributed by atoms with van der Waals surface area (Å²) in [6, 6.07) is 3.53. The van der Waals surface area contributed by atoms with E-state index < -0.39 is 0 Å². The van der Waals surface area contributed by atoms with E-state index in [4.69, 9.17) is 5.73 Å². The van der Waals surface area contributed by atoms with Gasteiger partial charge in [-0.1, -0.05) is 11.3 Å². The number of halogens is 2. The lowest BCUT2D eigenvalue weighted by molar-refractivity contribution is 0.468. The molecule has 78 valence electrons. The monoisotopic (exact) mass is 349 g/mol. The molecule has 0 aliphatic heterocycles. The number of hydrogen-bond acceptors (Lipinski definition) is 5. The Hall–Kier alpha value is -0.660. The number of nitrogen functional groups attached to an aromatic ring is 1. The number of nitrogens with two attached hydrogens (primary N) is 1. The molecule has 3 N–H and O–H groups in total. The molecule has 7 heteroatoms. The van der Waals surface area contributed by atoms with Crippen molar-refractivity contribution in [3.63, 3.8) is 0 Å². The van der Waals surface area contributed by atoms with Gasteiger partial charge in [0.25, 0.3) is 0 Å². The van der Waals surface area contributed by atoms with Crippen LogP contribution in [-0.2, 0) is 0 Å². The molecule has 0 aliphatic carbocycles. The highest BCUT2D eigenvalue weighted by Gasteiger charge is 2.10. The minimum atomic E-state index is 0.163. The number of aromatic nitrogens is 2. The van der Waals surface area contributed by atoms with Crippen LogP contribution in [0.1, 0.15) is 0 Å². The summed E-state index contributed by atoms with van der Waals surface area (Å²) in [6.07, 6.45) is 0. The Labute approximate surface area is 106 Å². The van der Waals surface area contributed by atoms with E-state index in [-0.39, 0.29) is 5.75 Å². The van der Waals surface area contributed by atoms with E-state index in [2.05, 4.69) is 42.1 Å². The van der Waals surface area contributed by atoms with Gasteiger partial charge in [-0.05, 0) is 44.0 Å². The first-order chi connectivity index (χ1) is 7.08. The average Bonchev–Trinajstić information content (AvgIpc) is 2.60. The Morgan fingerprint density at radius 1 is 1.20 bits per heavy atom. The molecule has 0 bridgehead atoms. The van der Waals surface area contributed by atoms with Crippen LogP contribution in [0.5, 0.6) is 5.75 Å². The largest absolute Gasteiger partial charge is 0.506 e. The predicted octanol–water partition coefficient (Wildman–Crippen LogP) is 3.02. The van der Waals surface area contributed by atoms with Crippen molar-refractivity contribution in [1.29, 1.82) is 0 Å². The van der Waals surface area contributed by atoms with Crippen LogP contribution in [0.25, 0.3) is 10.6 Å². The van der Waals surface area contributed by atoms with E-state index in [1.54, 1.807) is 12.1 Å². The molecular weight excluding hydrogens is 346 g/mol. The molecule has 0 atom stereocenters. The van der Waals surface area contributed by atoms with Crippen molar-refractivity contribution in [3.05, 3.63) is 21.1 Å². The van der Waals surface area contributed by atoms with E-state index in [1.165, 1.54) is 11.3 Å². The van der Waals surface area contributed by atoms with Crippen LogP contribution in [0.3, 0.4) is 0 Å². The first-order valence-corrected chi connectivity index (χ1v) is 6.25. The van der Waals surface area contributed by atoms with Crippen molar-refractivity contribution >= 4 is 48.3 Å². The van der Waals surface area contributed by atoms with Gasteiger partial charge in [-0.2, -0.15) is 0 Å². The second-order valence-electron chi connectivity index (χ2n) is 2.73. The molecule has 1 aromatic heterocycles. The number of aromatic hydroxyl groups is 1. The zero-order valence-electron chi connectivity index (χ0n) is 7.24. The van der Waals surface area contributed by atoms with Crippen LogP contribution >= 0.6 is 43.2 Å². The van der Waals surface area contributed by atoms with Crippen LogP contribution < -0.4 is 5.73 Å². The zero-order chi connectivity index (χ0) is 11.0. The number of nitrogens with zero attached hydrogens (tertiary/aromatic N) is 2. The van der Waals surface area contributed by atoms with Crippen molar-refractivity contribution in [2.24, 2.45) is 0 Å². The average molecular weight is 351 g/mol. The molecule has 0 radical (unpaired) electrons. The van der Waals surface area contributed by atoms with E-state index >= 15 is 0 Å². The lowest BCUT2D eigenvalue weighted by atomic mass is 10.2. The Kier molecular flexibility index (Phi) is 2.94. The highest BCUT2D eigenvalue weighted by Crippen LogP contribution is 2.37. The third-order valence-electron chi connectivity index (χ3n) is 1.70. The minimum absolute atomic E-state index is 0.163. The fraction of sp³-hybridized carbons (Fsp3) is 0. The van der Waals surface area contributed by atoms with Gasteiger partial charge in [-0.3, -0.25) is 0 Å². The summed E-state index contributed by atoms with van der Waals surface area (Å²) in [7, 11) is 0. The van der Waals surface area contributed by atoms with Gasteiger partial charge in [0.15, 0.2) is 0 Å². The summed E-state index contributed by atoms with van der Waals surface area (Å²) in [4.78, 5) is 0. The molecule has 0 aliphatic rings. The van der Waals surface area contributed by atoms with Crippen LogP contribution in [0.2, 0.25) is 0 Å². The Bertz CT molecular complexity index is 491. The molecule has 1 aromatic carbocycles. The van der Waals surface area contributed by atoms with Gasteiger partial charge in [0.2, 0.25) is 5.13 Å². The molecule has 4 nitrogen and oxygen atoms in total. The van der Waals surface area contributed by atoms with Crippen molar-refractivity contribution in [1.82, 2.24) is 10.2 Å². The van der Waals surface area contributed by atoms with Gasteiger partial charge < -0.3 is 10.8 Å². The van der Waals surface area contributed by atoms with Crippen molar-refractivity contribution in [3.8, 4) is 16.3 Å². The second-order valence-corrected chi connectivity index (χ2v) is 5.45. The minimum Gasteiger partial charge on any atom is -0.506 e. The van der Waals surface area contributed by atoms with Gasteiger partial charge in [-0.15, -0.1) is 10.2 Å². The van der Waals surface area contributed by atoms with Crippen molar-refractivity contribution in [2.45, 2.75) is 0 Å². The van der Waals surface area contributed by atoms with Gasteiger partial charge in [0.05, 0.1) is 8.95 Å². The summed E-state index contributed by atoms with van der Waals surface area (Å²) in [5.41, 5.74) is 6.34. The lowest BCUT2D eigenvalue weighted by Gasteiger charge is -2.02. The third kappa shape index (κ3) is 2.14. The van der Waals surface area contributed by atoms with Crippen LogP contribution in [0, 0.1) is 0 Å². The Morgan fingerprint density at radius 2 is 1.80 bits per heavy atom. The smallest absolute Gasteiger partial charge is 0.203 e. The molecule has 0 spiro atoms. The quantitative estimate of drug-likeness (QED) is 0.829. The van der Waals surface area contributed by atoms with Crippen LogP contribution in [-0.4, -0.2) is 15.3 Å². The van der Waals surface area contributed by atoms with Gasteiger partial charge in [-0.25, -0.2) is 0 Å². The maximum atomic E-state index is 9.53. The van der Waals surface area contributed by atoms with Gasteiger partial charge in [0, 0.05) is 5.56 Å². The highest BCUT2D eigenvalue weighted by atomic mass is 79.9. The molecule has 0 fully saturated rings. The first kappa shape index (κ1) is 10.8. The number of phenols is 1. The summed E-state index contributed by atoms with van der Waals surface area (Å²) < 4.78 is 1.20. The van der Waals surface area contributed by atoms with E-state index in [0.717, 1.165) is 5.56 Å². The fourth-order valence-electron chi connectivity index (χ4n) is 1.04. The van der Waals surface area contributed by atoms with Crippen LogP contribution in [0.15, 0.2) is 21.1 Å². The van der Waals surface area contributed by atoms with Crippen LogP contribution in [0.4, 0.5) is 5.13 Å². The van der Waals surface area contributed by atoms with Gasteiger partial charge >= 0.3 is 0 Å².